The highest BCUT2D eigenvalue weighted by molar-refractivity contribution is 6.22. The molecule has 1 aliphatic carbocycles. The van der Waals surface area contributed by atoms with Crippen LogP contribution < -0.4 is 0 Å². The Hall–Kier alpha value is -2.93. The fourth-order valence-corrected chi connectivity index (χ4v) is 2.28. The number of hydrogen-bond donors (Lipinski definition) is 1. The summed E-state index contributed by atoms with van der Waals surface area (Å²) in [6.45, 7) is 0. The highest BCUT2D eigenvalue weighted by Crippen LogP contribution is 2.37. The summed E-state index contributed by atoms with van der Waals surface area (Å²) in [5.74, 6) is -1.30. The van der Waals surface area contributed by atoms with Crippen molar-refractivity contribution >= 4 is 11.8 Å². The van der Waals surface area contributed by atoms with Crippen molar-refractivity contribution in [1.82, 2.24) is 0 Å². The molecule has 0 spiro atoms. The highest BCUT2D eigenvalue weighted by Gasteiger charge is 2.27. The first-order valence-corrected chi connectivity index (χ1v) is 5.58. The first-order chi connectivity index (χ1) is 9.11. The van der Waals surface area contributed by atoms with E-state index < -0.39 is 5.97 Å². The fraction of sp³-hybridized carbons (Fsp3) is 0. The molecule has 2 aromatic rings. The summed E-state index contributed by atoms with van der Waals surface area (Å²) < 4.78 is 0. The van der Waals surface area contributed by atoms with Gasteiger partial charge in [0.2, 0.25) is 0 Å². The molecule has 0 amide bonds. The second kappa shape index (κ2) is 3.79. The monoisotopic (exact) mass is 249 g/mol. The van der Waals surface area contributed by atoms with Gasteiger partial charge in [-0.15, -0.1) is 0 Å². The summed E-state index contributed by atoms with van der Waals surface area (Å²) in [5, 5.41) is 17.8. The minimum absolute atomic E-state index is 0.0837. The van der Waals surface area contributed by atoms with Crippen molar-refractivity contribution in [3.63, 3.8) is 0 Å². The van der Waals surface area contributed by atoms with E-state index in [2.05, 4.69) is 0 Å². The van der Waals surface area contributed by atoms with E-state index in [-0.39, 0.29) is 11.3 Å². The molecule has 0 saturated heterocycles. The van der Waals surface area contributed by atoms with E-state index in [0.717, 1.165) is 11.1 Å². The van der Waals surface area contributed by atoms with E-state index in [1.54, 1.807) is 18.2 Å². The smallest absolute Gasteiger partial charge is 0.335 e. The molecule has 0 aromatic heterocycles. The summed E-state index contributed by atoms with van der Waals surface area (Å²) in [6.07, 6.45) is 0. The van der Waals surface area contributed by atoms with Gasteiger partial charge in [0.15, 0.2) is 5.78 Å². The second-order valence-electron chi connectivity index (χ2n) is 4.27. The molecule has 3 rings (SSSR count). The summed E-state index contributed by atoms with van der Waals surface area (Å²) in [6, 6.07) is 11.4. The molecule has 1 N–H and O–H groups in total. The summed E-state index contributed by atoms with van der Waals surface area (Å²) in [5.41, 5.74) is 2.80. The zero-order valence-corrected chi connectivity index (χ0v) is 9.68. The van der Waals surface area contributed by atoms with Gasteiger partial charge in [0.05, 0.1) is 17.2 Å². The Morgan fingerprint density at radius 2 is 1.63 bits per heavy atom. The van der Waals surface area contributed by atoms with Crippen molar-refractivity contribution in [2.75, 3.05) is 0 Å². The maximum atomic E-state index is 12.2. The summed E-state index contributed by atoms with van der Waals surface area (Å²) in [7, 11) is 0. The molecule has 1 aliphatic rings. The normalized spacial score (nSPS) is 11.6. The van der Waals surface area contributed by atoms with Crippen LogP contribution in [0.5, 0.6) is 0 Å². The average Bonchev–Trinajstić information content (AvgIpc) is 2.71. The molecule has 2 aromatic carbocycles. The first-order valence-electron chi connectivity index (χ1n) is 5.58. The number of carboxylic acids is 1. The van der Waals surface area contributed by atoms with Crippen molar-refractivity contribution < 1.29 is 14.7 Å². The van der Waals surface area contributed by atoms with Gasteiger partial charge in [0.25, 0.3) is 0 Å². The molecule has 0 heterocycles. The molecular formula is C15H7NO3. The number of carbonyl (C=O) groups is 2. The van der Waals surface area contributed by atoms with Crippen molar-refractivity contribution in [2.24, 2.45) is 0 Å². The van der Waals surface area contributed by atoms with E-state index in [1.807, 2.05) is 6.07 Å². The van der Waals surface area contributed by atoms with Crippen LogP contribution in [-0.4, -0.2) is 16.9 Å². The molecule has 0 unspecified atom stereocenters. The van der Waals surface area contributed by atoms with Gasteiger partial charge in [-0.3, -0.25) is 4.79 Å². The second-order valence-corrected chi connectivity index (χ2v) is 4.27. The van der Waals surface area contributed by atoms with Crippen molar-refractivity contribution in [1.29, 1.82) is 5.26 Å². The number of fused-ring (bicyclic) bond motifs is 3. The summed E-state index contributed by atoms with van der Waals surface area (Å²) in [4.78, 5) is 23.2. The molecule has 0 fully saturated rings. The summed E-state index contributed by atoms with van der Waals surface area (Å²) >= 11 is 0. The van der Waals surface area contributed by atoms with Crippen molar-refractivity contribution in [2.45, 2.75) is 0 Å². The number of nitriles is 1. The van der Waals surface area contributed by atoms with Gasteiger partial charge < -0.3 is 5.11 Å². The zero-order chi connectivity index (χ0) is 13.6. The highest BCUT2D eigenvalue weighted by atomic mass is 16.4. The van der Waals surface area contributed by atoms with E-state index in [9.17, 15) is 9.59 Å². The van der Waals surface area contributed by atoms with Crippen LogP contribution in [0.15, 0.2) is 36.4 Å². The van der Waals surface area contributed by atoms with Crippen LogP contribution in [0.4, 0.5) is 0 Å². The lowest BCUT2D eigenvalue weighted by Gasteiger charge is -2.00. The molecule has 4 nitrogen and oxygen atoms in total. The van der Waals surface area contributed by atoms with E-state index in [0.29, 0.717) is 16.7 Å². The minimum Gasteiger partial charge on any atom is -0.478 e. The first kappa shape index (κ1) is 11.2. The topological polar surface area (TPSA) is 78.2 Å². The third-order valence-corrected chi connectivity index (χ3v) is 3.19. The maximum absolute atomic E-state index is 12.2. The van der Waals surface area contributed by atoms with Gasteiger partial charge in [0, 0.05) is 11.1 Å². The van der Waals surface area contributed by atoms with Gasteiger partial charge >= 0.3 is 5.97 Å². The van der Waals surface area contributed by atoms with Crippen molar-refractivity contribution in [3.05, 3.63) is 58.7 Å². The lowest BCUT2D eigenvalue weighted by atomic mass is 10.0. The van der Waals surface area contributed by atoms with Gasteiger partial charge in [-0.2, -0.15) is 5.26 Å². The van der Waals surface area contributed by atoms with E-state index in [1.165, 1.54) is 18.2 Å². The standard InChI is InChI=1S/C15H7NO3/c16-7-8-1-3-10-11-4-2-9(15(18)19)6-13(11)14(17)12(10)5-8/h1-6H,(H,18,19). The average molecular weight is 249 g/mol. The number of carbonyl (C=O) groups excluding carboxylic acids is 1. The lowest BCUT2D eigenvalue weighted by Crippen LogP contribution is -2.00. The predicted molar refractivity (Wildman–Crippen MR) is 67.0 cm³/mol. The Morgan fingerprint density at radius 1 is 1.00 bits per heavy atom. The van der Waals surface area contributed by atoms with Crippen LogP contribution in [0.3, 0.4) is 0 Å². The number of nitrogens with zero attached hydrogens (tertiary/aromatic N) is 1. The SMILES string of the molecule is N#Cc1ccc2c(c1)C(=O)c1cc(C(=O)O)ccc1-2. The zero-order valence-electron chi connectivity index (χ0n) is 9.68. The number of hydrogen-bond acceptors (Lipinski definition) is 3. The van der Waals surface area contributed by atoms with Crippen LogP contribution in [0.1, 0.15) is 31.8 Å². The van der Waals surface area contributed by atoms with Gasteiger partial charge in [-0.1, -0.05) is 12.1 Å². The van der Waals surface area contributed by atoms with Crippen LogP contribution in [-0.2, 0) is 0 Å². The molecule has 19 heavy (non-hydrogen) atoms. The Labute approximate surface area is 108 Å². The molecule has 4 heteroatoms. The molecule has 0 aliphatic heterocycles. The molecule has 0 bridgehead atoms. The van der Waals surface area contributed by atoms with E-state index >= 15 is 0 Å². The Bertz CT molecular complexity index is 784. The van der Waals surface area contributed by atoms with Crippen molar-refractivity contribution in [3.8, 4) is 17.2 Å². The minimum atomic E-state index is -1.07. The number of rotatable bonds is 1. The predicted octanol–water partition coefficient (Wildman–Crippen LogP) is 2.47. The lowest BCUT2D eigenvalue weighted by molar-refractivity contribution is 0.0697. The quantitative estimate of drug-likeness (QED) is 0.718. The van der Waals surface area contributed by atoms with Crippen LogP contribution in [0.25, 0.3) is 11.1 Å². The van der Waals surface area contributed by atoms with Gasteiger partial charge in [-0.25, -0.2) is 4.79 Å². The molecule has 0 atom stereocenters. The number of carboxylic acid groups (broad SMARTS) is 1. The third-order valence-electron chi connectivity index (χ3n) is 3.19. The van der Waals surface area contributed by atoms with E-state index in [4.69, 9.17) is 10.4 Å². The number of ketones is 1. The largest absolute Gasteiger partial charge is 0.478 e. The van der Waals surface area contributed by atoms with Crippen LogP contribution in [0, 0.1) is 11.3 Å². The number of aromatic carboxylic acids is 1. The van der Waals surface area contributed by atoms with Crippen LogP contribution >= 0.6 is 0 Å². The maximum Gasteiger partial charge on any atom is 0.335 e. The Morgan fingerprint density at radius 3 is 2.26 bits per heavy atom. The van der Waals surface area contributed by atoms with Gasteiger partial charge in [0.1, 0.15) is 0 Å². The van der Waals surface area contributed by atoms with Gasteiger partial charge in [-0.05, 0) is 35.4 Å². The number of benzene rings is 2. The Kier molecular flexibility index (Phi) is 2.23. The third kappa shape index (κ3) is 1.53. The molecule has 0 radical (unpaired) electrons. The molecule has 0 saturated carbocycles. The Balaban J connectivity index is 2.24. The fourth-order valence-electron chi connectivity index (χ4n) is 2.28. The molecule has 90 valence electrons. The van der Waals surface area contributed by atoms with Crippen LogP contribution in [0.2, 0.25) is 0 Å². The molecular weight excluding hydrogens is 242 g/mol.